The summed E-state index contributed by atoms with van der Waals surface area (Å²) in [6.07, 6.45) is 0.988. The summed E-state index contributed by atoms with van der Waals surface area (Å²) in [5.41, 5.74) is 2.42. The van der Waals surface area contributed by atoms with Crippen molar-refractivity contribution >= 4 is 74.9 Å². The molecule has 8 rings (SSSR count). The van der Waals surface area contributed by atoms with Gasteiger partial charge in [0.1, 0.15) is 30.0 Å². The molecule has 1 aliphatic carbocycles. The van der Waals surface area contributed by atoms with Crippen molar-refractivity contribution in [1.82, 2.24) is 45.6 Å². The number of halogens is 3. The number of alkyl halides is 1. The number of hydrogen-bond acceptors (Lipinski definition) is 14. The van der Waals surface area contributed by atoms with Gasteiger partial charge in [-0.1, -0.05) is 56.6 Å². The van der Waals surface area contributed by atoms with E-state index in [1.807, 2.05) is 31.2 Å². The highest BCUT2D eigenvalue weighted by molar-refractivity contribution is 7.13. The maximum atomic E-state index is 14.8. The van der Waals surface area contributed by atoms with E-state index in [9.17, 15) is 37.9 Å². The highest BCUT2D eigenvalue weighted by Gasteiger charge is 2.53. The van der Waals surface area contributed by atoms with Crippen LogP contribution in [0.15, 0.2) is 66.4 Å². The lowest BCUT2D eigenvalue weighted by Gasteiger charge is -2.36. The van der Waals surface area contributed by atoms with E-state index in [0.717, 1.165) is 22.7 Å². The van der Waals surface area contributed by atoms with Crippen molar-refractivity contribution in [2.75, 3.05) is 64.8 Å². The van der Waals surface area contributed by atoms with Crippen LogP contribution in [0.1, 0.15) is 76.6 Å². The molecular weight excluding hydrogens is 1010 g/mol. The third kappa shape index (κ3) is 13.5. The molecule has 3 fully saturated rings. The highest BCUT2D eigenvalue weighted by atomic mass is 35.5. The number of benzene rings is 3. The Balaban J connectivity index is 0.825. The minimum absolute atomic E-state index is 0.0212. The van der Waals surface area contributed by atoms with Crippen LogP contribution >= 0.6 is 22.9 Å². The molecule has 3 aromatic carbocycles. The topological polar surface area (TPSA) is 221 Å². The molecule has 0 unspecified atom stereocenters. The molecular formula is C53H63ClF2N10O8S. The maximum Gasteiger partial charge on any atom is 0.258 e. The molecule has 0 bridgehead atoms. The SMILES string of the molecule is COc1cc2ncnc(Nc3ccc(F)c(Cl)c3)c2cc1OCCCN1CCN(C(=O)CCNC(=O)C[C@H](NC(=O)[C@@H]2C[C@@H](O)CN2C(=O)[C@@H](NC(=O)C2(F)CC2)C(C)(C)C)c2ccc(-c3scnc3C)cc2)CC1. The first kappa shape index (κ1) is 54.7. The maximum absolute atomic E-state index is 14.8. The van der Waals surface area contributed by atoms with E-state index >= 15 is 0 Å². The molecule has 5 amide bonds. The molecule has 2 aromatic heterocycles. The Hall–Kier alpha value is -6.55. The average Bonchev–Trinajstić information content (AvgIpc) is 3.80. The van der Waals surface area contributed by atoms with Gasteiger partial charge in [-0.05, 0) is 67.0 Å². The summed E-state index contributed by atoms with van der Waals surface area (Å²) in [7, 11) is 1.55. The standard InChI is InChI=1S/C53H63ClF2N10O8S/c1-31-46(75-30-60-31)33-9-7-32(8-10-33)39(62-49(70)41-24-35(67)28-66(41)50(71)47(52(2,3)4)63-51(72)53(56)14-15-53)27-44(68)57-16-13-45(69)65-20-18-64(19-21-65)17-6-22-74-43-25-36-40(26-42(43)73-5)58-29-59-48(36)61-34-11-12-38(55)37(54)23-34/h7-12,23,25-26,29-30,35,39,41,47,67H,6,13-22,24,27-28H2,1-5H3,(H,57,68)(H,62,70)(H,63,72)(H,58,59,61)/t35-,39+,41+,47-/m1/s1. The molecule has 4 heterocycles. The number of nitrogens with zero attached hydrogens (tertiary/aromatic N) is 6. The number of β-amino-alcohol motifs (C(OH)–C–C–N with tert-alkyl or cyclic N) is 1. The summed E-state index contributed by atoms with van der Waals surface area (Å²) in [6.45, 7) is 10.4. The number of methoxy groups -OCH3 is 1. The molecule has 5 N–H and O–H groups in total. The molecule has 22 heteroatoms. The average molecular weight is 1070 g/mol. The first-order chi connectivity index (χ1) is 35.8. The van der Waals surface area contributed by atoms with Crippen LogP contribution in [0.25, 0.3) is 21.3 Å². The second kappa shape index (κ2) is 23.6. The lowest BCUT2D eigenvalue weighted by Crippen LogP contribution is -2.59. The van der Waals surface area contributed by atoms with Crippen molar-refractivity contribution in [3.8, 4) is 21.9 Å². The molecule has 5 aromatic rings. The van der Waals surface area contributed by atoms with Crippen molar-refractivity contribution in [2.45, 2.75) is 96.1 Å². The highest BCUT2D eigenvalue weighted by Crippen LogP contribution is 2.41. The van der Waals surface area contributed by atoms with Gasteiger partial charge < -0.3 is 45.6 Å². The Bertz CT molecular complexity index is 2890. The summed E-state index contributed by atoms with van der Waals surface area (Å²) in [4.78, 5) is 87.5. The van der Waals surface area contributed by atoms with Crippen LogP contribution in [0, 0.1) is 18.2 Å². The van der Waals surface area contributed by atoms with Crippen molar-refractivity contribution in [3.05, 3.63) is 88.5 Å². The number of hydrogen-bond donors (Lipinski definition) is 5. The van der Waals surface area contributed by atoms with Gasteiger partial charge in [-0.25, -0.2) is 23.7 Å². The Morgan fingerprint density at radius 3 is 2.39 bits per heavy atom. The van der Waals surface area contributed by atoms with Crippen LogP contribution in [0.5, 0.6) is 11.5 Å². The number of aliphatic hydroxyl groups excluding tert-OH is 1. The summed E-state index contributed by atoms with van der Waals surface area (Å²) in [6, 6.07) is 12.1. The van der Waals surface area contributed by atoms with Crippen molar-refractivity contribution in [3.63, 3.8) is 0 Å². The second-order valence-electron chi connectivity index (χ2n) is 20.3. The molecule has 1 saturated carbocycles. The van der Waals surface area contributed by atoms with Gasteiger partial charge in [-0.15, -0.1) is 11.3 Å². The molecule has 4 atom stereocenters. The third-order valence-electron chi connectivity index (χ3n) is 13.7. The fourth-order valence-corrected chi connectivity index (χ4v) is 10.2. The molecule has 2 aliphatic heterocycles. The number of carbonyl (C=O) groups is 5. The number of thiazole rings is 1. The summed E-state index contributed by atoms with van der Waals surface area (Å²) < 4.78 is 40.3. The van der Waals surface area contributed by atoms with Crippen LogP contribution in [0.3, 0.4) is 0 Å². The number of amides is 5. The predicted molar refractivity (Wildman–Crippen MR) is 280 cm³/mol. The zero-order valence-corrected chi connectivity index (χ0v) is 44.2. The Kier molecular flexibility index (Phi) is 17.2. The van der Waals surface area contributed by atoms with Crippen LogP contribution in [0.4, 0.5) is 20.3 Å². The zero-order chi connectivity index (χ0) is 53.6. The molecule has 0 spiro atoms. The van der Waals surface area contributed by atoms with Gasteiger partial charge >= 0.3 is 0 Å². The van der Waals surface area contributed by atoms with Gasteiger partial charge in [-0.3, -0.25) is 28.9 Å². The minimum atomic E-state index is -2.03. The molecule has 75 heavy (non-hydrogen) atoms. The molecule has 0 radical (unpaired) electrons. The predicted octanol–water partition coefficient (Wildman–Crippen LogP) is 6.27. The summed E-state index contributed by atoms with van der Waals surface area (Å²) in [5, 5.41) is 23.0. The first-order valence-corrected chi connectivity index (χ1v) is 26.3. The van der Waals surface area contributed by atoms with E-state index in [0.29, 0.717) is 78.7 Å². The molecule has 18 nitrogen and oxygen atoms in total. The van der Waals surface area contributed by atoms with Gasteiger partial charge in [0.05, 0.1) is 58.9 Å². The van der Waals surface area contributed by atoms with E-state index in [2.05, 4.69) is 41.1 Å². The van der Waals surface area contributed by atoms with Crippen LogP contribution in [0.2, 0.25) is 5.02 Å². The number of fused-ring (bicyclic) bond motifs is 1. The number of aryl methyl sites for hydroxylation is 1. The van der Waals surface area contributed by atoms with Crippen molar-refractivity contribution in [1.29, 1.82) is 0 Å². The number of aromatic nitrogens is 3. The summed E-state index contributed by atoms with van der Waals surface area (Å²) in [5.74, 6) is -1.66. The van der Waals surface area contributed by atoms with Crippen LogP contribution in [-0.2, 0) is 24.0 Å². The van der Waals surface area contributed by atoms with Gasteiger partial charge in [0.25, 0.3) is 5.91 Å². The lowest BCUT2D eigenvalue weighted by atomic mass is 9.85. The van der Waals surface area contributed by atoms with Gasteiger partial charge in [0, 0.05) is 75.8 Å². The van der Waals surface area contributed by atoms with E-state index in [-0.39, 0.29) is 56.1 Å². The monoisotopic (exact) mass is 1070 g/mol. The quantitative estimate of drug-likeness (QED) is 0.0544. The van der Waals surface area contributed by atoms with E-state index < -0.39 is 64.8 Å². The van der Waals surface area contributed by atoms with Gasteiger partial charge in [0.2, 0.25) is 23.6 Å². The fourth-order valence-electron chi connectivity index (χ4n) is 9.25. The van der Waals surface area contributed by atoms with Crippen molar-refractivity contribution in [2.24, 2.45) is 5.41 Å². The number of piperazine rings is 1. The third-order valence-corrected chi connectivity index (χ3v) is 15.0. The van der Waals surface area contributed by atoms with E-state index in [4.69, 9.17) is 21.1 Å². The van der Waals surface area contributed by atoms with E-state index in [1.165, 1.54) is 34.7 Å². The number of nitrogens with one attached hydrogen (secondary N) is 4. The normalized spacial score (nSPS) is 18.3. The fraction of sp³-hybridized carbons (Fsp3) is 0.472. The second-order valence-corrected chi connectivity index (χ2v) is 21.6. The van der Waals surface area contributed by atoms with Gasteiger partial charge in [-0.2, -0.15) is 0 Å². The first-order valence-electron chi connectivity index (χ1n) is 25.0. The van der Waals surface area contributed by atoms with Crippen molar-refractivity contribution < 1.29 is 47.3 Å². The van der Waals surface area contributed by atoms with Gasteiger partial charge in [0.15, 0.2) is 17.2 Å². The Morgan fingerprint density at radius 1 is 0.973 bits per heavy atom. The smallest absolute Gasteiger partial charge is 0.258 e. The number of carbonyl (C=O) groups excluding carboxylic acids is 5. The Morgan fingerprint density at radius 2 is 1.72 bits per heavy atom. The number of rotatable bonds is 20. The molecule has 2 saturated heterocycles. The molecule has 3 aliphatic rings. The largest absolute Gasteiger partial charge is 0.493 e. The van der Waals surface area contributed by atoms with Crippen LogP contribution in [-0.4, -0.2) is 148 Å². The molecule has 400 valence electrons. The van der Waals surface area contributed by atoms with Crippen LogP contribution < -0.4 is 30.7 Å². The number of aliphatic hydroxyl groups is 1. The Labute approximate surface area is 442 Å². The summed E-state index contributed by atoms with van der Waals surface area (Å²) >= 11 is 7.48. The number of anilines is 2. The zero-order valence-electron chi connectivity index (χ0n) is 42.6. The minimum Gasteiger partial charge on any atom is -0.493 e. The number of likely N-dealkylation sites (tertiary alicyclic amines) is 1. The number of ether oxygens (including phenoxy) is 2. The van der Waals surface area contributed by atoms with E-state index in [1.54, 1.807) is 56.5 Å². The lowest BCUT2D eigenvalue weighted by molar-refractivity contribution is -0.145.